The number of hydrogen-bond donors (Lipinski definition) is 2. The molecule has 1 rings (SSSR count). The lowest BCUT2D eigenvalue weighted by Crippen LogP contribution is -1.87. The monoisotopic (exact) mass is 180 g/mol. The van der Waals surface area contributed by atoms with Crippen molar-refractivity contribution < 1.29 is 9.90 Å². The lowest BCUT2D eigenvalue weighted by molar-refractivity contribution is -0.104. The number of allylic oxidation sites excluding steroid dienone is 1. The van der Waals surface area contributed by atoms with Crippen molar-refractivity contribution in [2.75, 3.05) is 12.8 Å². The number of carbonyl (C=O) groups is 1. The van der Waals surface area contributed by atoms with Gasteiger partial charge in [-0.3, -0.25) is 4.79 Å². The fraction of sp³-hybridized carbons (Fsp3) is 0.111. The summed E-state index contributed by atoms with van der Waals surface area (Å²) >= 11 is 0. The Morgan fingerprint density at radius 1 is 1.46 bits per heavy atom. The number of pyridine rings is 1. The number of aromatic nitrogens is 1. The SMILES string of the molecule is CO.Nc1ccc(/C=C/C=O)cn1. The Balaban J connectivity index is 0.000000671. The molecule has 0 spiro atoms. The number of hydrogen-bond acceptors (Lipinski definition) is 4. The molecule has 0 bridgehead atoms. The van der Waals surface area contributed by atoms with Gasteiger partial charge in [-0.05, 0) is 23.8 Å². The third-order valence-corrected chi connectivity index (χ3v) is 1.18. The summed E-state index contributed by atoms with van der Waals surface area (Å²) < 4.78 is 0. The molecule has 4 nitrogen and oxygen atoms in total. The first-order chi connectivity index (χ1) is 6.33. The number of carbonyl (C=O) groups excluding carboxylic acids is 1. The van der Waals surface area contributed by atoms with Crippen LogP contribution in [0.1, 0.15) is 5.56 Å². The predicted molar refractivity (Wildman–Crippen MR) is 51.9 cm³/mol. The third kappa shape index (κ3) is 4.71. The zero-order valence-corrected chi connectivity index (χ0v) is 7.34. The van der Waals surface area contributed by atoms with Crippen LogP contribution in [0.25, 0.3) is 6.08 Å². The van der Waals surface area contributed by atoms with Crippen molar-refractivity contribution in [2.24, 2.45) is 0 Å². The van der Waals surface area contributed by atoms with E-state index in [0.717, 1.165) is 19.0 Å². The summed E-state index contributed by atoms with van der Waals surface area (Å²) in [5.74, 6) is 0.480. The Kier molecular flexibility index (Phi) is 6.09. The Bertz CT molecular complexity index is 267. The second-order valence-electron chi connectivity index (χ2n) is 2.01. The highest BCUT2D eigenvalue weighted by Crippen LogP contribution is 2.02. The Labute approximate surface area is 76.7 Å². The Hall–Kier alpha value is -1.68. The van der Waals surface area contributed by atoms with Crippen LogP contribution in [-0.2, 0) is 4.79 Å². The molecule has 1 aromatic rings. The zero-order valence-electron chi connectivity index (χ0n) is 7.34. The maximum atomic E-state index is 9.91. The van der Waals surface area contributed by atoms with Crippen LogP contribution in [0.3, 0.4) is 0 Å². The summed E-state index contributed by atoms with van der Waals surface area (Å²) in [4.78, 5) is 13.8. The van der Waals surface area contributed by atoms with Gasteiger partial charge in [0.2, 0.25) is 0 Å². The molecule has 0 aliphatic carbocycles. The van der Waals surface area contributed by atoms with Crippen molar-refractivity contribution in [3.8, 4) is 0 Å². The second-order valence-corrected chi connectivity index (χ2v) is 2.01. The van der Waals surface area contributed by atoms with Gasteiger partial charge in [-0.15, -0.1) is 0 Å². The van der Waals surface area contributed by atoms with Gasteiger partial charge >= 0.3 is 0 Å². The van der Waals surface area contributed by atoms with Crippen LogP contribution >= 0.6 is 0 Å². The van der Waals surface area contributed by atoms with Crippen molar-refractivity contribution >= 4 is 18.2 Å². The smallest absolute Gasteiger partial charge is 0.142 e. The molecular weight excluding hydrogens is 168 g/mol. The van der Waals surface area contributed by atoms with Crippen LogP contribution in [0.5, 0.6) is 0 Å². The maximum absolute atomic E-state index is 9.91. The van der Waals surface area contributed by atoms with Gasteiger partial charge in [0, 0.05) is 13.3 Å². The fourth-order valence-corrected chi connectivity index (χ4v) is 0.666. The largest absolute Gasteiger partial charge is 0.400 e. The van der Waals surface area contributed by atoms with Crippen molar-refractivity contribution in [1.29, 1.82) is 0 Å². The van der Waals surface area contributed by atoms with Crippen LogP contribution < -0.4 is 5.73 Å². The maximum Gasteiger partial charge on any atom is 0.142 e. The molecule has 0 unspecified atom stereocenters. The van der Waals surface area contributed by atoms with Crippen LogP contribution in [0.15, 0.2) is 24.4 Å². The molecular formula is C9H12N2O2. The van der Waals surface area contributed by atoms with E-state index in [1.807, 2.05) is 0 Å². The summed E-state index contributed by atoms with van der Waals surface area (Å²) in [6, 6.07) is 3.48. The lowest BCUT2D eigenvalue weighted by atomic mass is 10.2. The number of nitrogens with two attached hydrogens (primary N) is 1. The number of aldehydes is 1. The van der Waals surface area contributed by atoms with E-state index in [2.05, 4.69) is 4.98 Å². The highest BCUT2D eigenvalue weighted by Gasteiger charge is 1.85. The van der Waals surface area contributed by atoms with E-state index >= 15 is 0 Å². The first kappa shape index (κ1) is 11.3. The minimum absolute atomic E-state index is 0.480. The number of nitrogen functional groups attached to an aromatic ring is 1. The Morgan fingerprint density at radius 2 is 2.15 bits per heavy atom. The number of rotatable bonds is 2. The predicted octanol–water partition coefficient (Wildman–Crippen LogP) is 0.484. The van der Waals surface area contributed by atoms with Gasteiger partial charge in [0.05, 0.1) is 0 Å². The molecule has 3 N–H and O–H groups in total. The fourth-order valence-electron chi connectivity index (χ4n) is 0.666. The number of anilines is 1. The number of nitrogens with zero attached hydrogens (tertiary/aromatic N) is 1. The molecule has 0 aliphatic rings. The van der Waals surface area contributed by atoms with Crippen LogP contribution in [0.4, 0.5) is 5.82 Å². The van der Waals surface area contributed by atoms with E-state index < -0.39 is 0 Å². The highest BCUT2D eigenvalue weighted by atomic mass is 16.2. The molecule has 0 aromatic carbocycles. The summed E-state index contributed by atoms with van der Waals surface area (Å²) in [7, 11) is 1.00. The van der Waals surface area contributed by atoms with E-state index in [0.29, 0.717) is 5.82 Å². The van der Waals surface area contributed by atoms with Gasteiger partial charge in [-0.25, -0.2) is 4.98 Å². The number of aliphatic hydroxyl groups excluding tert-OH is 1. The molecule has 0 atom stereocenters. The van der Waals surface area contributed by atoms with Gasteiger partial charge < -0.3 is 10.8 Å². The van der Waals surface area contributed by atoms with Crippen molar-refractivity contribution in [1.82, 2.24) is 4.98 Å². The van der Waals surface area contributed by atoms with E-state index in [9.17, 15) is 4.79 Å². The molecule has 13 heavy (non-hydrogen) atoms. The quantitative estimate of drug-likeness (QED) is 0.512. The summed E-state index contributed by atoms with van der Waals surface area (Å²) in [5.41, 5.74) is 6.22. The van der Waals surface area contributed by atoms with Crippen LogP contribution in [0.2, 0.25) is 0 Å². The van der Waals surface area contributed by atoms with Gasteiger partial charge in [0.25, 0.3) is 0 Å². The highest BCUT2D eigenvalue weighted by molar-refractivity contribution is 5.73. The Morgan fingerprint density at radius 3 is 2.62 bits per heavy atom. The van der Waals surface area contributed by atoms with E-state index in [-0.39, 0.29) is 0 Å². The minimum atomic E-state index is 0.480. The number of aliphatic hydroxyl groups is 1. The summed E-state index contributed by atoms with van der Waals surface area (Å²) in [6.45, 7) is 0. The standard InChI is InChI=1S/C8H8N2O.CH4O/c9-8-4-3-7(6-10-8)2-1-5-11;1-2/h1-6H,(H2,9,10);2H,1H3/b2-1+;. The van der Waals surface area contributed by atoms with E-state index in [4.69, 9.17) is 10.8 Å². The lowest BCUT2D eigenvalue weighted by Gasteiger charge is -1.91. The molecule has 4 heteroatoms. The van der Waals surface area contributed by atoms with Gasteiger partial charge in [-0.2, -0.15) is 0 Å². The van der Waals surface area contributed by atoms with E-state index in [1.54, 1.807) is 24.4 Å². The second kappa shape index (κ2) is 7.00. The molecule has 0 fully saturated rings. The first-order valence-electron chi connectivity index (χ1n) is 3.61. The van der Waals surface area contributed by atoms with E-state index in [1.165, 1.54) is 6.08 Å². The minimum Gasteiger partial charge on any atom is -0.400 e. The van der Waals surface area contributed by atoms with Crippen LogP contribution in [0, 0.1) is 0 Å². The molecule has 0 saturated heterocycles. The molecule has 70 valence electrons. The normalized spacial score (nSPS) is 9.08. The third-order valence-electron chi connectivity index (χ3n) is 1.18. The van der Waals surface area contributed by atoms with Gasteiger partial charge in [0.1, 0.15) is 12.1 Å². The topological polar surface area (TPSA) is 76.2 Å². The first-order valence-corrected chi connectivity index (χ1v) is 3.61. The van der Waals surface area contributed by atoms with Crippen molar-refractivity contribution in [2.45, 2.75) is 0 Å². The van der Waals surface area contributed by atoms with Gasteiger partial charge in [0.15, 0.2) is 0 Å². The molecule has 1 heterocycles. The zero-order chi connectivity index (χ0) is 10.1. The van der Waals surface area contributed by atoms with Crippen molar-refractivity contribution in [3.05, 3.63) is 30.0 Å². The van der Waals surface area contributed by atoms with Gasteiger partial charge in [-0.1, -0.05) is 6.08 Å². The average Bonchev–Trinajstić information content (AvgIpc) is 2.20. The molecule has 0 saturated carbocycles. The summed E-state index contributed by atoms with van der Waals surface area (Å²) in [6.07, 6.45) is 5.40. The summed E-state index contributed by atoms with van der Waals surface area (Å²) in [5, 5.41) is 7.00. The average molecular weight is 180 g/mol. The molecule has 0 amide bonds. The molecule has 0 aliphatic heterocycles. The van der Waals surface area contributed by atoms with Crippen LogP contribution in [-0.4, -0.2) is 23.5 Å². The molecule has 1 aromatic heterocycles. The van der Waals surface area contributed by atoms with Crippen molar-refractivity contribution in [3.63, 3.8) is 0 Å². The molecule has 0 radical (unpaired) electrons.